The molecule has 0 aliphatic heterocycles. The third-order valence-corrected chi connectivity index (χ3v) is 27.1. The van der Waals surface area contributed by atoms with Gasteiger partial charge in [0.15, 0.2) is 0 Å². The number of aromatic nitrogens is 13. The maximum atomic E-state index is 14.4. The van der Waals surface area contributed by atoms with E-state index in [1.807, 2.05) is 423 Å². The van der Waals surface area contributed by atoms with Crippen molar-refractivity contribution in [2.45, 2.75) is 0 Å². The van der Waals surface area contributed by atoms with Gasteiger partial charge in [-0.25, -0.2) is 29.7 Å². The lowest BCUT2D eigenvalue weighted by Gasteiger charge is -2.15. The van der Waals surface area contributed by atoms with Gasteiger partial charge in [-0.05, 0) is 218 Å². The molecule has 0 saturated heterocycles. The lowest BCUT2D eigenvalue weighted by Crippen LogP contribution is -2.38. The number of nitrogens with zero attached hydrogens (tertiary/aromatic N) is 13. The topological polar surface area (TPSA) is 232 Å². The van der Waals surface area contributed by atoms with E-state index in [9.17, 15) is 28.8 Å². The summed E-state index contributed by atoms with van der Waals surface area (Å²) in [4.78, 5) is 109. The van der Waals surface area contributed by atoms with Gasteiger partial charge >= 0.3 is 5.56 Å². The molecule has 147 heavy (non-hydrogen) atoms. The van der Waals surface area contributed by atoms with Gasteiger partial charge in [-0.15, -0.1) is 0 Å². The second kappa shape index (κ2) is 35.9. The van der Waals surface area contributed by atoms with Gasteiger partial charge < -0.3 is 13.4 Å². The summed E-state index contributed by atoms with van der Waals surface area (Å²) in [5, 5.41) is 8.56. The monoisotopic (exact) mass is 1900 g/mol. The van der Waals surface area contributed by atoms with Crippen LogP contribution < -0.4 is 37.9 Å². The first-order valence-corrected chi connectivity index (χ1v) is 48.0. The second-order valence-corrected chi connectivity index (χ2v) is 35.8. The molecule has 0 radical (unpaired) electrons. The van der Waals surface area contributed by atoms with E-state index >= 15 is 0 Å². The van der Waals surface area contributed by atoms with Crippen LogP contribution in [0, 0.1) is 0 Å². The predicted molar refractivity (Wildman–Crippen MR) is 585 cm³/mol. The van der Waals surface area contributed by atoms with Crippen LogP contribution in [0.1, 0.15) is 0 Å². The first-order chi connectivity index (χ1) is 72.4. The molecular formula is C126H78N13O8+. The van der Waals surface area contributed by atoms with Gasteiger partial charge in [-0.1, -0.05) is 249 Å². The van der Waals surface area contributed by atoms with Crippen LogP contribution in [0.25, 0.3) is 234 Å². The van der Waals surface area contributed by atoms with Crippen molar-refractivity contribution < 1.29 is 13.4 Å². The van der Waals surface area contributed by atoms with Crippen molar-refractivity contribution in [1.29, 1.82) is 0 Å². The van der Waals surface area contributed by atoms with Gasteiger partial charge in [0.1, 0.15) is 73.7 Å². The van der Waals surface area contributed by atoms with E-state index in [-0.39, 0.29) is 33.4 Å². The van der Waals surface area contributed by atoms with Crippen molar-refractivity contribution in [3.05, 3.63) is 536 Å². The standard InChI is InChI=1S/C46H29N5O2.C40H25N4O3.C40H24N4O3/c52-45-35-20-10-12-22-39(35)47-43(30-14-4-1-5-15-30)50(45)33-24-26-41-37(28-33)38-29-34(25-27-42(38)49(41)32-18-8-3-9-19-32)51-44(31-16-6-2-7-17-31)48-40-23-13-11-21-36(40)46(51)53;45-39-31-16-8-10-18-35(31)42(25-43(39)27-11-3-1-4-12-27)29-20-22-37-33(24-29)32-23-26(19-21-36(32)47-37)38-41-34-17-9-7-15-30(34)40(46)44(38)28-13-5-2-6-14-28;45-39-29-15-7-9-17-33(29)41-37(25-11-3-1-4-12-25)43(39)27-19-21-35-31(23-27)32-24-28(20-22-36(32)47-35)44-38(26-13-5-2-6-14-26)42-34-18-10-8-16-30(34)40(44)46/h1-29H;1-25H;1-24H/q;+1;. The maximum Gasteiger partial charge on any atom is 0.350 e. The summed E-state index contributed by atoms with van der Waals surface area (Å²) < 4.78 is 26.9. The highest BCUT2D eigenvalue weighted by Crippen LogP contribution is 2.41. The number of hydrogen-bond donors (Lipinski definition) is 0. The smallest absolute Gasteiger partial charge is 0.350 e. The highest BCUT2D eigenvalue weighted by molar-refractivity contribution is 6.12. The summed E-state index contributed by atoms with van der Waals surface area (Å²) >= 11 is 0. The third-order valence-electron chi connectivity index (χ3n) is 27.1. The molecule has 0 saturated carbocycles. The Balaban J connectivity index is 0.000000112. The molecule has 21 heteroatoms. The minimum absolute atomic E-state index is 0.0881. The van der Waals surface area contributed by atoms with Crippen LogP contribution in [0.4, 0.5) is 0 Å². The Bertz CT molecular complexity index is 10200. The zero-order chi connectivity index (χ0) is 98.4. The summed E-state index contributed by atoms with van der Waals surface area (Å²) in [6.45, 7) is 0. The molecule has 28 rings (SSSR count). The van der Waals surface area contributed by atoms with Crippen LogP contribution in [0.15, 0.2) is 511 Å². The second-order valence-electron chi connectivity index (χ2n) is 35.8. The molecular weight excluding hydrogens is 1820 g/mol. The van der Waals surface area contributed by atoms with E-state index in [0.717, 1.165) is 111 Å². The molecule has 0 fully saturated rings. The van der Waals surface area contributed by atoms with Crippen LogP contribution >= 0.6 is 0 Å². The highest BCUT2D eigenvalue weighted by Gasteiger charge is 2.27. The summed E-state index contributed by atoms with van der Waals surface area (Å²) in [5.41, 5.74) is 18.0. The largest absolute Gasteiger partial charge is 0.456 e. The zero-order valence-corrected chi connectivity index (χ0v) is 78.1. The van der Waals surface area contributed by atoms with E-state index < -0.39 is 0 Å². The van der Waals surface area contributed by atoms with Gasteiger partial charge in [-0.2, -0.15) is 9.13 Å². The molecule has 9 aromatic heterocycles. The zero-order valence-electron chi connectivity index (χ0n) is 78.1. The molecule has 0 unspecified atom stereocenters. The minimum Gasteiger partial charge on any atom is -0.456 e. The van der Waals surface area contributed by atoms with Gasteiger partial charge in [0, 0.05) is 65.8 Å². The van der Waals surface area contributed by atoms with E-state index in [0.29, 0.717) is 123 Å². The van der Waals surface area contributed by atoms with Crippen LogP contribution in [0.2, 0.25) is 0 Å². The average molecular weight is 1900 g/mol. The van der Waals surface area contributed by atoms with E-state index in [4.69, 9.17) is 33.8 Å². The number of furan rings is 2. The number of benzene rings is 19. The van der Waals surface area contributed by atoms with Crippen molar-refractivity contribution in [2.75, 3.05) is 0 Å². The molecule has 0 aliphatic rings. The minimum atomic E-state index is -0.163. The van der Waals surface area contributed by atoms with E-state index in [1.165, 1.54) is 0 Å². The van der Waals surface area contributed by atoms with Crippen molar-refractivity contribution in [3.63, 3.8) is 0 Å². The Morgan fingerprint density at radius 1 is 0.184 bits per heavy atom. The molecule has 0 aliphatic carbocycles. The molecule has 0 atom stereocenters. The molecule has 0 spiro atoms. The maximum absolute atomic E-state index is 14.4. The Labute approximate surface area is 834 Å². The van der Waals surface area contributed by atoms with Crippen molar-refractivity contribution in [2.24, 2.45) is 0 Å². The fourth-order valence-electron chi connectivity index (χ4n) is 20.2. The summed E-state index contributed by atoms with van der Waals surface area (Å²) in [6, 6.07) is 149. The van der Waals surface area contributed by atoms with Crippen LogP contribution in [-0.4, -0.2) is 56.9 Å². The Morgan fingerprint density at radius 3 is 0.816 bits per heavy atom. The number of rotatable bonds is 13. The highest BCUT2D eigenvalue weighted by atomic mass is 16.3. The SMILES string of the molecule is O=c1c2ccccc2[n+](-c2ccc3oc4ccc(-c5nc6ccccc6c(=O)n5-c5ccccc5)cc4c3c2)cn1-c1ccccc1.O=c1c2ccccc2nc(-c2ccccc2)n1-c1ccc2c(c1)c1cc(-n3c(-c4ccccc4)nc4ccccc4c3=O)ccc1n2-c1ccccc1.O=c1c2ccccc2nc(-c2ccccc2)n1-c1ccc2oc3ccc(-n4c(-c5ccccc5)nc5ccccc5c4=O)cc3c2c1. The Hall–Kier alpha value is -20.6. The summed E-state index contributed by atoms with van der Waals surface area (Å²) in [7, 11) is 0. The molecule has 28 aromatic rings. The van der Waals surface area contributed by atoms with Crippen molar-refractivity contribution >= 4 is 131 Å². The molecule has 9 heterocycles. The number of para-hydroxylation sites is 9. The lowest BCUT2D eigenvalue weighted by molar-refractivity contribution is -0.572. The van der Waals surface area contributed by atoms with Crippen LogP contribution in [0.3, 0.4) is 0 Å². The Morgan fingerprint density at radius 2 is 0.449 bits per heavy atom. The van der Waals surface area contributed by atoms with E-state index in [2.05, 4.69) is 47.0 Å². The molecule has 0 bridgehead atoms. The fraction of sp³-hybridized carbons (Fsp3) is 0. The average Bonchev–Trinajstić information content (AvgIpc) is 1.57. The van der Waals surface area contributed by atoms with Gasteiger partial charge in [0.2, 0.25) is 0 Å². The molecule has 19 aromatic carbocycles. The molecule has 0 amide bonds. The van der Waals surface area contributed by atoms with Gasteiger partial charge in [0.25, 0.3) is 34.1 Å². The molecule has 21 nitrogen and oxygen atoms in total. The number of fused-ring (bicyclic) bond motifs is 15. The van der Waals surface area contributed by atoms with Crippen LogP contribution in [0.5, 0.6) is 0 Å². The fourth-order valence-corrected chi connectivity index (χ4v) is 20.2. The Kier molecular flexibility index (Phi) is 21.2. The quantitative estimate of drug-likeness (QED) is 0.0979. The first-order valence-electron chi connectivity index (χ1n) is 48.0. The summed E-state index contributed by atoms with van der Waals surface area (Å²) in [5.74, 6) is 2.75. The van der Waals surface area contributed by atoms with Gasteiger partial charge in [0.05, 0.1) is 94.0 Å². The normalized spacial score (nSPS) is 11.6. The first kappa shape index (κ1) is 86.7. The van der Waals surface area contributed by atoms with Crippen LogP contribution in [-0.2, 0) is 0 Å². The lowest BCUT2D eigenvalue weighted by atomic mass is 10.1. The number of hydrogen-bond acceptors (Lipinski definition) is 13. The predicted octanol–water partition coefficient (Wildman–Crippen LogP) is 25.4. The third kappa shape index (κ3) is 15.1. The molecule has 694 valence electrons. The van der Waals surface area contributed by atoms with Crippen molar-refractivity contribution in [1.82, 2.24) is 56.9 Å². The van der Waals surface area contributed by atoms with Gasteiger partial charge in [-0.3, -0.25) is 46.8 Å². The molecule has 0 N–H and O–H groups in total. The summed E-state index contributed by atoms with van der Waals surface area (Å²) in [6.07, 6.45) is 1.84. The van der Waals surface area contributed by atoms with Crippen molar-refractivity contribution in [3.8, 4) is 102 Å². The van der Waals surface area contributed by atoms with E-state index in [1.54, 1.807) is 39.5 Å².